The molecular weight excluding hydrogens is 248 g/mol. The Balaban J connectivity index is 2.26. The summed E-state index contributed by atoms with van der Waals surface area (Å²) in [6, 6.07) is 0. The molecule has 0 aromatic heterocycles. The third-order valence-electron chi connectivity index (χ3n) is 3.23. The van der Waals surface area contributed by atoms with Crippen LogP contribution in [0, 0.1) is 0 Å². The molecule has 1 aliphatic heterocycles. The number of hydrogen-bond donors (Lipinski definition) is 2. The van der Waals surface area contributed by atoms with E-state index in [9.17, 15) is 4.79 Å². The van der Waals surface area contributed by atoms with Gasteiger partial charge >= 0.3 is 0 Å². The molecule has 0 aromatic carbocycles. The average molecular weight is 274 g/mol. The number of carbonyl (C=O) groups excluding carboxylic acids is 1. The zero-order valence-corrected chi connectivity index (χ0v) is 12.2. The van der Waals surface area contributed by atoms with E-state index >= 15 is 0 Å². The van der Waals surface area contributed by atoms with Crippen LogP contribution in [0.3, 0.4) is 0 Å². The molecule has 0 bridgehead atoms. The Morgan fingerprint density at radius 3 is 2.72 bits per heavy atom. The molecule has 0 radical (unpaired) electrons. The van der Waals surface area contributed by atoms with E-state index in [0.717, 1.165) is 45.3 Å². The number of piperidine rings is 1. The highest BCUT2D eigenvalue weighted by Crippen LogP contribution is 2.20. The Morgan fingerprint density at radius 2 is 2.11 bits per heavy atom. The molecule has 5 heteroatoms. The third-order valence-corrected chi connectivity index (χ3v) is 4.59. The number of carbonyl (C=O) groups is 1. The molecule has 0 aromatic rings. The van der Waals surface area contributed by atoms with Gasteiger partial charge in [0, 0.05) is 18.3 Å². The molecule has 0 atom stereocenters. The molecule has 1 rings (SSSR count). The van der Waals surface area contributed by atoms with E-state index in [0.29, 0.717) is 17.5 Å². The molecule has 1 saturated heterocycles. The number of thioether (sulfide) groups is 1. The predicted octanol–water partition coefficient (Wildman–Crippen LogP) is 1.09. The number of unbranched alkanes of at least 4 members (excludes halogenated alkanes) is 1. The Hall–Kier alpha value is -0.260. The number of aliphatic hydroxyl groups excluding tert-OH is 1. The average Bonchev–Trinajstić information content (AvgIpc) is 2.42. The van der Waals surface area contributed by atoms with Crippen LogP contribution < -0.4 is 5.32 Å². The zero-order valence-electron chi connectivity index (χ0n) is 11.4. The van der Waals surface area contributed by atoms with E-state index in [1.165, 1.54) is 0 Å². The van der Waals surface area contributed by atoms with Crippen molar-refractivity contribution < 1.29 is 9.90 Å². The van der Waals surface area contributed by atoms with Crippen molar-refractivity contribution >= 4 is 17.7 Å². The maximum Gasteiger partial charge on any atom is 0.232 e. The number of hydrogen-bond acceptors (Lipinski definition) is 4. The van der Waals surface area contributed by atoms with Crippen molar-refractivity contribution in [3.8, 4) is 0 Å². The number of aliphatic hydroxyl groups is 1. The first kappa shape index (κ1) is 15.8. The van der Waals surface area contributed by atoms with Crippen molar-refractivity contribution in [2.75, 3.05) is 38.5 Å². The molecule has 0 spiro atoms. The van der Waals surface area contributed by atoms with E-state index in [2.05, 4.69) is 12.2 Å². The van der Waals surface area contributed by atoms with Gasteiger partial charge in [0.2, 0.25) is 5.91 Å². The summed E-state index contributed by atoms with van der Waals surface area (Å²) in [4.78, 5) is 13.9. The van der Waals surface area contributed by atoms with Crippen LogP contribution in [0.2, 0.25) is 0 Å². The van der Waals surface area contributed by atoms with Crippen molar-refractivity contribution in [1.82, 2.24) is 10.2 Å². The van der Waals surface area contributed by atoms with Crippen molar-refractivity contribution in [2.24, 2.45) is 0 Å². The van der Waals surface area contributed by atoms with Crippen molar-refractivity contribution in [3.05, 3.63) is 0 Å². The minimum Gasteiger partial charge on any atom is -0.395 e. The van der Waals surface area contributed by atoms with Crippen LogP contribution in [0.5, 0.6) is 0 Å². The second kappa shape index (κ2) is 9.64. The number of nitrogens with zero attached hydrogens (tertiary/aromatic N) is 1. The van der Waals surface area contributed by atoms with Gasteiger partial charge in [0.25, 0.3) is 0 Å². The van der Waals surface area contributed by atoms with E-state index in [1.807, 2.05) is 0 Å². The summed E-state index contributed by atoms with van der Waals surface area (Å²) in [5.74, 6) is 0.745. The molecule has 4 nitrogen and oxygen atoms in total. The lowest BCUT2D eigenvalue weighted by Gasteiger charge is -2.25. The lowest BCUT2D eigenvalue weighted by molar-refractivity contribution is -0.128. The summed E-state index contributed by atoms with van der Waals surface area (Å²) in [6.45, 7) is 5.58. The maximum atomic E-state index is 12.1. The SMILES string of the molecule is CCCCN(CCO)C(=O)CSC1CCNCC1. The summed E-state index contributed by atoms with van der Waals surface area (Å²) >= 11 is 1.78. The van der Waals surface area contributed by atoms with Crippen LogP contribution in [0.4, 0.5) is 0 Å². The van der Waals surface area contributed by atoms with Crippen LogP contribution in [0.25, 0.3) is 0 Å². The van der Waals surface area contributed by atoms with Gasteiger partial charge in [-0.1, -0.05) is 13.3 Å². The molecule has 1 heterocycles. The first-order valence-electron chi connectivity index (χ1n) is 6.99. The molecule has 106 valence electrons. The van der Waals surface area contributed by atoms with Crippen LogP contribution in [-0.4, -0.2) is 59.7 Å². The van der Waals surface area contributed by atoms with Gasteiger partial charge in [-0.3, -0.25) is 4.79 Å². The topological polar surface area (TPSA) is 52.6 Å². The van der Waals surface area contributed by atoms with Gasteiger partial charge in [-0.25, -0.2) is 0 Å². The Kier molecular flexibility index (Phi) is 8.46. The van der Waals surface area contributed by atoms with Crippen molar-refractivity contribution in [3.63, 3.8) is 0 Å². The summed E-state index contributed by atoms with van der Waals surface area (Å²) in [6.07, 6.45) is 4.42. The second-order valence-electron chi connectivity index (χ2n) is 4.72. The second-order valence-corrected chi connectivity index (χ2v) is 6.01. The molecule has 1 aliphatic rings. The van der Waals surface area contributed by atoms with Crippen LogP contribution in [-0.2, 0) is 4.79 Å². The standard InChI is InChI=1S/C13H26N2O2S/c1-2-3-8-15(9-10-16)13(17)11-18-12-4-6-14-7-5-12/h12,14,16H,2-11H2,1H3. The van der Waals surface area contributed by atoms with E-state index < -0.39 is 0 Å². The molecular formula is C13H26N2O2S. The van der Waals surface area contributed by atoms with Gasteiger partial charge in [0.15, 0.2) is 0 Å². The largest absolute Gasteiger partial charge is 0.395 e. The highest BCUT2D eigenvalue weighted by atomic mass is 32.2. The minimum atomic E-state index is 0.0630. The summed E-state index contributed by atoms with van der Waals surface area (Å²) in [5, 5.41) is 12.9. The van der Waals surface area contributed by atoms with Crippen LogP contribution in [0.1, 0.15) is 32.6 Å². The monoisotopic (exact) mass is 274 g/mol. The lowest BCUT2D eigenvalue weighted by atomic mass is 10.2. The van der Waals surface area contributed by atoms with Crippen molar-refractivity contribution in [1.29, 1.82) is 0 Å². The van der Waals surface area contributed by atoms with Gasteiger partial charge in [-0.15, -0.1) is 11.8 Å². The first-order valence-corrected chi connectivity index (χ1v) is 8.03. The summed E-state index contributed by atoms with van der Waals surface area (Å²) in [7, 11) is 0. The predicted molar refractivity (Wildman–Crippen MR) is 76.9 cm³/mol. The van der Waals surface area contributed by atoms with Crippen molar-refractivity contribution in [2.45, 2.75) is 37.9 Å². The highest BCUT2D eigenvalue weighted by molar-refractivity contribution is 8.00. The highest BCUT2D eigenvalue weighted by Gasteiger charge is 2.17. The lowest BCUT2D eigenvalue weighted by Crippen LogP contribution is -2.36. The molecule has 2 N–H and O–H groups in total. The number of amides is 1. The maximum absolute atomic E-state index is 12.1. The molecule has 0 aliphatic carbocycles. The third kappa shape index (κ3) is 6.07. The van der Waals surface area contributed by atoms with E-state index in [-0.39, 0.29) is 12.5 Å². The number of rotatable bonds is 8. The molecule has 0 saturated carbocycles. The first-order chi connectivity index (χ1) is 8.77. The van der Waals surface area contributed by atoms with Gasteiger partial charge in [0.1, 0.15) is 0 Å². The fourth-order valence-corrected chi connectivity index (χ4v) is 3.20. The Morgan fingerprint density at radius 1 is 1.39 bits per heavy atom. The Labute approximate surface area is 115 Å². The zero-order chi connectivity index (χ0) is 13.2. The Bertz CT molecular complexity index is 233. The summed E-state index contributed by atoms with van der Waals surface area (Å²) in [5.41, 5.74) is 0. The molecule has 1 fully saturated rings. The molecule has 0 unspecified atom stereocenters. The quantitative estimate of drug-likeness (QED) is 0.696. The van der Waals surface area contributed by atoms with Gasteiger partial charge in [0.05, 0.1) is 12.4 Å². The van der Waals surface area contributed by atoms with Crippen LogP contribution in [0.15, 0.2) is 0 Å². The molecule has 1 amide bonds. The smallest absolute Gasteiger partial charge is 0.232 e. The van der Waals surface area contributed by atoms with Crippen LogP contribution >= 0.6 is 11.8 Å². The summed E-state index contributed by atoms with van der Waals surface area (Å²) < 4.78 is 0. The normalized spacial score (nSPS) is 16.8. The minimum absolute atomic E-state index is 0.0630. The fourth-order valence-electron chi connectivity index (χ4n) is 2.07. The van der Waals surface area contributed by atoms with Gasteiger partial charge in [-0.05, 0) is 32.4 Å². The fraction of sp³-hybridized carbons (Fsp3) is 0.923. The van der Waals surface area contributed by atoms with E-state index in [4.69, 9.17) is 5.11 Å². The van der Waals surface area contributed by atoms with E-state index in [1.54, 1.807) is 16.7 Å². The van der Waals surface area contributed by atoms with Gasteiger partial charge in [-0.2, -0.15) is 0 Å². The number of nitrogens with one attached hydrogen (secondary N) is 1. The van der Waals surface area contributed by atoms with Gasteiger partial charge < -0.3 is 15.3 Å². The molecule has 18 heavy (non-hydrogen) atoms.